The third-order valence-electron chi connectivity index (χ3n) is 3.38. The largest absolute Gasteiger partial charge is 0.290 e. The van der Waals surface area contributed by atoms with Gasteiger partial charge in [-0.05, 0) is 36.6 Å². The second-order valence-electron chi connectivity index (χ2n) is 5.40. The van der Waals surface area contributed by atoms with E-state index in [-0.39, 0.29) is 22.3 Å². The van der Waals surface area contributed by atoms with Gasteiger partial charge in [0.05, 0.1) is 10.6 Å². The molecule has 1 unspecified atom stereocenters. The first kappa shape index (κ1) is 17.0. The highest BCUT2D eigenvalue weighted by Gasteiger charge is 2.22. The fourth-order valence-electron chi connectivity index (χ4n) is 2.13. The van der Waals surface area contributed by atoms with Crippen LogP contribution in [0.2, 0.25) is 0 Å². The van der Waals surface area contributed by atoms with Gasteiger partial charge in [-0.3, -0.25) is 14.9 Å². The van der Waals surface area contributed by atoms with Gasteiger partial charge in [0.25, 0.3) is 5.69 Å². The maximum Gasteiger partial charge on any atom is 0.287 e. The van der Waals surface area contributed by atoms with Crippen molar-refractivity contribution in [2.75, 3.05) is 0 Å². The van der Waals surface area contributed by atoms with Crippen LogP contribution in [0.3, 0.4) is 0 Å². The predicted molar refractivity (Wildman–Crippen MR) is 88.6 cm³/mol. The third-order valence-corrected chi connectivity index (χ3v) is 4.47. The second-order valence-corrected chi connectivity index (χ2v) is 6.52. The van der Waals surface area contributed by atoms with Crippen LogP contribution < -0.4 is 0 Å². The van der Waals surface area contributed by atoms with Crippen LogP contribution >= 0.6 is 0 Å². The molecule has 120 valence electrons. The molecular formula is C16H16N2O4S. The Bertz CT molecular complexity index is 791. The van der Waals surface area contributed by atoms with Gasteiger partial charge in [0.15, 0.2) is 16.8 Å². The van der Waals surface area contributed by atoms with Crippen LogP contribution in [0.1, 0.15) is 20.8 Å². The molecule has 0 N–H and O–H groups in total. The number of ketones is 1. The van der Waals surface area contributed by atoms with Crippen molar-refractivity contribution in [2.45, 2.75) is 25.7 Å². The van der Waals surface area contributed by atoms with Gasteiger partial charge < -0.3 is 0 Å². The third kappa shape index (κ3) is 3.68. The number of nitrogens with zero attached hydrogens (tertiary/aromatic N) is 2. The number of hydrogen-bond acceptors (Lipinski definition) is 4. The van der Waals surface area contributed by atoms with Crippen molar-refractivity contribution in [1.82, 2.24) is 0 Å². The van der Waals surface area contributed by atoms with Crippen LogP contribution in [0.15, 0.2) is 56.9 Å². The fraction of sp³-hybridized carbons (Fsp3) is 0.250. The quantitative estimate of drug-likeness (QED) is 0.481. The summed E-state index contributed by atoms with van der Waals surface area (Å²) >= 11 is 0. The Morgan fingerprint density at radius 3 is 2.48 bits per heavy atom. The molecule has 0 aliphatic heterocycles. The number of benzene rings is 1. The average Bonchev–Trinajstić information content (AvgIpc) is 2.49. The number of carbonyl (C=O) groups excluding carboxylic acids is 1. The zero-order valence-corrected chi connectivity index (χ0v) is 13.8. The van der Waals surface area contributed by atoms with Gasteiger partial charge >= 0.3 is 0 Å². The summed E-state index contributed by atoms with van der Waals surface area (Å²) in [6.07, 6.45) is 3.06. The zero-order chi connectivity index (χ0) is 17.1. The smallest absolute Gasteiger partial charge is 0.287 e. The summed E-state index contributed by atoms with van der Waals surface area (Å²) in [7, 11) is -1.92. The molecular weight excluding hydrogens is 316 g/mol. The molecule has 6 nitrogen and oxygen atoms in total. The molecule has 0 spiro atoms. The van der Waals surface area contributed by atoms with Gasteiger partial charge in [-0.25, -0.2) is 4.21 Å². The maximum absolute atomic E-state index is 12.4. The van der Waals surface area contributed by atoms with Crippen molar-refractivity contribution in [1.29, 1.82) is 0 Å². The number of hydrogen-bond donors (Lipinski definition) is 0. The van der Waals surface area contributed by atoms with Gasteiger partial charge in [0, 0.05) is 11.6 Å². The molecule has 7 heteroatoms. The Hall–Kier alpha value is -2.41. The topological polar surface area (TPSA) is 89.6 Å². The molecule has 1 aliphatic carbocycles. The molecule has 0 fully saturated rings. The number of allylic oxidation sites excluding steroid dienone is 4. The van der Waals surface area contributed by atoms with E-state index in [4.69, 9.17) is 0 Å². The lowest BCUT2D eigenvalue weighted by atomic mass is 9.90. The van der Waals surface area contributed by atoms with E-state index in [0.717, 1.165) is 0 Å². The lowest BCUT2D eigenvalue weighted by Crippen LogP contribution is -2.16. The van der Waals surface area contributed by atoms with Crippen LogP contribution in [0.4, 0.5) is 5.69 Å². The molecule has 0 bridgehead atoms. The molecule has 0 aromatic heterocycles. The van der Waals surface area contributed by atoms with E-state index in [1.54, 1.807) is 19.1 Å². The summed E-state index contributed by atoms with van der Waals surface area (Å²) in [6, 6.07) is 5.78. The van der Waals surface area contributed by atoms with Crippen molar-refractivity contribution in [3.8, 4) is 0 Å². The van der Waals surface area contributed by atoms with Crippen LogP contribution in [0.5, 0.6) is 0 Å². The van der Waals surface area contributed by atoms with Crippen LogP contribution in [-0.2, 0) is 15.8 Å². The number of rotatable bonds is 4. The Balaban J connectivity index is 2.45. The van der Waals surface area contributed by atoms with Crippen molar-refractivity contribution in [3.05, 3.63) is 57.7 Å². The molecule has 1 aromatic carbocycles. The molecule has 0 saturated heterocycles. The molecule has 0 heterocycles. The molecule has 2 rings (SSSR count). The highest BCUT2D eigenvalue weighted by atomic mass is 32.2. The van der Waals surface area contributed by atoms with Gasteiger partial charge in [0.2, 0.25) is 0 Å². The Morgan fingerprint density at radius 2 is 1.87 bits per heavy atom. The number of para-hydroxylation sites is 1. The summed E-state index contributed by atoms with van der Waals surface area (Å²) in [5.74, 6) is -0.0792. The highest BCUT2D eigenvalue weighted by molar-refractivity contribution is 7.84. The van der Waals surface area contributed by atoms with Gasteiger partial charge in [-0.15, -0.1) is 0 Å². The first-order valence-electron chi connectivity index (χ1n) is 7.00. The Morgan fingerprint density at radius 1 is 1.22 bits per heavy atom. The summed E-state index contributed by atoms with van der Waals surface area (Å²) in [5.41, 5.74) is 1.33. The van der Waals surface area contributed by atoms with Crippen molar-refractivity contribution in [3.63, 3.8) is 0 Å². The molecule has 1 aromatic rings. The van der Waals surface area contributed by atoms with Gasteiger partial charge in [0.1, 0.15) is 4.90 Å². The standard InChI is InChI=1S/C16H16N2O4S/c1-10(2)12-9-13(11(3)8-15(12)19)17-23(22)16-7-5-4-6-14(16)18(20)21/h4-10H,1-3H3/b17-13+. The summed E-state index contributed by atoms with van der Waals surface area (Å²) in [6.45, 7) is 5.46. The zero-order valence-electron chi connectivity index (χ0n) is 13.0. The average molecular weight is 332 g/mol. The minimum atomic E-state index is -1.92. The molecule has 23 heavy (non-hydrogen) atoms. The van der Waals surface area contributed by atoms with E-state index in [2.05, 4.69) is 4.40 Å². The molecule has 0 saturated carbocycles. The SMILES string of the molecule is CC1=CC(=O)C(C(C)C)=C/C1=N\S(=O)c1ccccc1[N+](=O)[O-]. The number of nitro benzene ring substituents is 1. The first-order valence-corrected chi connectivity index (χ1v) is 8.10. The van der Waals surface area contributed by atoms with E-state index < -0.39 is 15.9 Å². The van der Waals surface area contributed by atoms with E-state index in [0.29, 0.717) is 16.9 Å². The monoisotopic (exact) mass is 332 g/mol. The maximum atomic E-state index is 12.4. The summed E-state index contributed by atoms with van der Waals surface area (Å²) < 4.78 is 16.5. The highest BCUT2D eigenvalue weighted by Crippen LogP contribution is 2.24. The number of carbonyl (C=O) groups is 1. The van der Waals surface area contributed by atoms with Crippen molar-refractivity contribution in [2.24, 2.45) is 10.3 Å². The van der Waals surface area contributed by atoms with Gasteiger partial charge in [-0.2, -0.15) is 4.40 Å². The minimum absolute atomic E-state index is 0.0107. The van der Waals surface area contributed by atoms with E-state index >= 15 is 0 Å². The molecule has 0 radical (unpaired) electrons. The van der Waals surface area contributed by atoms with Crippen LogP contribution in [-0.4, -0.2) is 20.6 Å². The predicted octanol–water partition coefficient (Wildman–Crippen LogP) is 3.17. The lowest BCUT2D eigenvalue weighted by Gasteiger charge is -2.14. The fourth-order valence-corrected chi connectivity index (χ4v) is 3.12. The van der Waals surface area contributed by atoms with Crippen LogP contribution in [0, 0.1) is 16.0 Å². The normalized spacial score (nSPS) is 17.9. The lowest BCUT2D eigenvalue weighted by molar-refractivity contribution is -0.387. The van der Waals surface area contributed by atoms with E-state index in [1.807, 2.05) is 13.8 Å². The van der Waals surface area contributed by atoms with Crippen LogP contribution in [0.25, 0.3) is 0 Å². The summed E-state index contributed by atoms with van der Waals surface area (Å²) in [5, 5.41) is 11.0. The first-order chi connectivity index (χ1) is 10.8. The molecule has 1 aliphatic rings. The Labute approximate surface area is 136 Å². The summed E-state index contributed by atoms with van der Waals surface area (Å²) in [4.78, 5) is 22.4. The minimum Gasteiger partial charge on any atom is -0.290 e. The van der Waals surface area contributed by atoms with E-state index in [9.17, 15) is 19.1 Å². The van der Waals surface area contributed by atoms with E-state index in [1.165, 1.54) is 24.3 Å². The van der Waals surface area contributed by atoms with Crippen molar-refractivity contribution < 1.29 is 13.9 Å². The molecule has 1 atom stereocenters. The Kier molecular flexibility index (Phi) is 5.00. The van der Waals surface area contributed by atoms with Gasteiger partial charge in [-0.1, -0.05) is 26.0 Å². The second kappa shape index (κ2) is 6.78. The number of nitro groups is 1. The molecule has 0 amide bonds. The van der Waals surface area contributed by atoms with Crippen molar-refractivity contribution >= 4 is 28.2 Å².